The number of aromatic hydroxyl groups is 2. The van der Waals surface area contributed by atoms with Gasteiger partial charge in [0.15, 0.2) is 34.7 Å². The maximum Gasteiger partial charge on any atom is 0.336 e. The number of anilines is 1. The van der Waals surface area contributed by atoms with Crippen LogP contribution >= 0.6 is 0 Å². The van der Waals surface area contributed by atoms with Crippen LogP contribution in [0.1, 0.15) is 62.3 Å². The molecule has 19 nitrogen and oxygen atoms in total. The molecule has 1 spiro atoms. The fourth-order valence-electron chi connectivity index (χ4n) is 11.5. The van der Waals surface area contributed by atoms with Crippen molar-refractivity contribution in [3.05, 3.63) is 106 Å². The summed E-state index contributed by atoms with van der Waals surface area (Å²) in [4.78, 5) is 30.1. The Morgan fingerprint density at radius 1 is 0.971 bits per heavy atom. The van der Waals surface area contributed by atoms with Crippen molar-refractivity contribution in [1.29, 1.82) is 0 Å². The zero-order valence-corrected chi connectivity index (χ0v) is 36.7. The molecule has 0 radical (unpaired) electrons. The molecule has 0 unspecified atom stereocenters. The molecule has 2 saturated carbocycles. The van der Waals surface area contributed by atoms with Crippen molar-refractivity contribution >= 4 is 22.8 Å². The molecule has 4 heterocycles. The van der Waals surface area contributed by atoms with Crippen LogP contribution in [-0.4, -0.2) is 113 Å². The highest BCUT2D eigenvalue weighted by Crippen LogP contribution is 2.64. The Balaban J connectivity index is 1.08. The zero-order chi connectivity index (χ0) is 47.8. The van der Waals surface area contributed by atoms with E-state index in [4.69, 9.17) is 29.1 Å². The molecule has 10 rings (SSSR count). The van der Waals surface area contributed by atoms with Gasteiger partial charge in [0.1, 0.15) is 57.5 Å². The Morgan fingerprint density at radius 2 is 1.74 bits per heavy atom. The fraction of sp³-hybridized carbons (Fsp3) is 0.429. The highest BCUT2D eigenvalue weighted by atomic mass is 16.7. The average molecular weight is 939 g/mol. The molecule has 4 fully saturated rings. The number of aromatic nitrogens is 1. The number of nitrogen functional groups attached to an aromatic ring is 1. The standard InChI is InChI=1S/C49H54N4O15/c50-37-12-11-30(53-37)39(57)36(23-54)64-28-9-7-25(8-10-28)33-20-32(56)38-34(65-33)21-35(41(40(38)58)68-48(26-5-3-6-27(55)19-26)17-4-16-46(48)14-1-2-15-46)66-45-47(62)18-13-29(31-22-51-24-52-31)49(63,44(47)61)42(67-45)43(59)60/h3,5-13,18-21,29,31,36,39,42,44-45,51-55,57-58,61-63H,1-2,4,14-17,22-24,50H2,(H,59,60)/t29-,31-,36-,39+,42+,44-,45+,47+,48-,49+/m0/s1. The molecule has 2 bridgehead atoms. The van der Waals surface area contributed by atoms with Gasteiger partial charge in [-0.25, -0.2) is 4.79 Å². The van der Waals surface area contributed by atoms with E-state index < -0.39 is 88.6 Å². The summed E-state index contributed by atoms with van der Waals surface area (Å²) in [6, 6.07) is 17.9. The number of benzene rings is 3. The number of H-pyrrole nitrogens is 1. The molecule has 5 aliphatic rings. The molecule has 68 heavy (non-hydrogen) atoms. The number of nitrogens with one attached hydrogen (secondary N) is 3. The summed E-state index contributed by atoms with van der Waals surface area (Å²) in [6.45, 7) is 0.136. The molecule has 2 saturated heterocycles. The molecule has 2 aromatic heterocycles. The number of carbonyl (C=O) groups is 1. The summed E-state index contributed by atoms with van der Waals surface area (Å²) in [6.07, 6.45) is -0.908. The van der Waals surface area contributed by atoms with Crippen LogP contribution in [0.3, 0.4) is 0 Å². The van der Waals surface area contributed by atoms with Crippen LogP contribution in [0.4, 0.5) is 5.82 Å². The van der Waals surface area contributed by atoms with Gasteiger partial charge in [-0.05, 0) is 92.3 Å². The third-order valence-electron chi connectivity index (χ3n) is 14.9. The van der Waals surface area contributed by atoms with Gasteiger partial charge in [0.2, 0.25) is 12.0 Å². The first-order valence-electron chi connectivity index (χ1n) is 22.7. The van der Waals surface area contributed by atoms with E-state index in [1.807, 2.05) is 6.07 Å². The summed E-state index contributed by atoms with van der Waals surface area (Å²) >= 11 is 0. The Hall–Kier alpha value is -6.16. The Labute approximate surface area is 388 Å². The van der Waals surface area contributed by atoms with Crippen LogP contribution in [-0.2, 0) is 15.1 Å². The van der Waals surface area contributed by atoms with Gasteiger partial charge in [0.05, 0.1) is 6.61 Å². The number of hydrogen-bond acceptors (Lipinski definition) is 17. The lowest BCUT2D eigenvalue weighted by atomic mass is 9.63. The van der Waals surface area contributed by atoms with E-state index in [0.29, 0.717) is 48.7 Å². The first kappa shape index (κ1) is 45.6. The summed E-state index contributed by atoms with van der Waals surface area (Å²) in [7, 11) is 0. The van der Waals surface area contributed by atoms with Gasteiger partial charge in [-0.15, -0.1) is 0 Å². The molecule has 19 heteroatoms. The number of fused-ring (bicyclic) bond motifs is 3. The van der Waals surface area contributed by atoms with E-state index in [2.05, 4.69) is 15.6 Å². The van der Waals surface area contributed by atoms with Crippen LogP contribution in [0.25, 0.3) is 22.3 Å². The predicted molar refractivity (Wildman–Crippen MR) is 242 cm³/mol. The Kier molecular flexibility index (Phi) is 11.5. The van der Waals surface area contributed by atoms with Crippen molar-refractivity contribution in [3.63, 3.8) is 0 Å². The highest BCUT2D eigenvalue weighted by Gasteiger charge is 2.70. The van der Waals surface area contributed by atoms with Crippen LogP contribution in [0.15, 0.2) is 94.2 Å². The number of aliphatic hydroxyl groups excluding tert-OH is 3. The number of phenols is 2. The van der Waals surface area contributed by atoms with E-state index in [0.717, 1.165) is 32.1 Å². The van der Waals surface area contributed by atoms with Gasteiger partial charge in [-0.3, -0.25) is 10.1 Å². The van der Waals surface area contributed by atoms with E-state index in [1.165, 1.54) is 42.5 Å². The first-order valence-corrected chi connectivity index (χ1v) is 22.7. The van der Waals surface area contributed by atoms with Crippen LogP contribution in [0, 0.1) is 11.3 Å². The number of aliphatic hydroxyl groups is 5. The largest absolute Gasteiger partial charge is 0.508 e. The highest BCUT2D eigenvalue weighted by molar-refractivity contribution is 5.90. The maximum absolute atomic E-state index is 14.3. The number of phenolic OH excluding ortho intramolecular Hbond substituents is 2. The second-order valence-corrected chi connectivity index (χ2v) is 18.7. The average Bonchev–Trinajstić information content (AvgIpc) is 4.17. The lowest BCUT2D eigenvalue weighted by Gasteiger charge is -2.56. The number of hydrogen-bond donors (Lipinski definition) is 12. The normalized spacial score (nSPS) is 30.4. The third-order valence-corrected chi connectivity index (χ3v) is 14.9. The third kappa shape index (κ3) is 7.27. The van der Waals surface area contributed by atoms with Crippen molar-refractivity contribution in [1.82, 2.24) is 15.6 Å². The molecular formula is C49H54N4O15. The van der Waals surface area contributed by atoms with E-state index >= 15 is 0 Å². The summed E-state index contributed by atoms with van der Waals surface area (Å²) in [5, 5.41) is 96.9. The topological polar surface area (TPSA) is 312 Å². The molecule has 2 aliphatic heterocycles. The smallest absolute Gasteiger partial charge is 0.336 e. The number of carboxylic acid groups (broad SMARTS) is 1. The number of aromatic amines is 1. The molecular weight excluding hydrogens is 885 g/mol. The SMILES string of the molecule is Nc1ccc([C@@H](O)[C@H](CO)Oc2ccc(-c3cc(=O)c4c(O)c(O[C@]5(c6cccc(O)c6)CCCC56CCCC6)c(O[C@@H]5O[C@H](C(=O)O)[C@]6(O)[C@H]([C@@H]7CNCN7)C=C[C@@]5(O)[C@@H]6O)cc4o3)cc2)[nH]1. The van der Waals surface area contributed by atoms with E-state index in [1.54, 1.807) is 36.4 Å². The van der Waals surface area contributed by atoms with Crippen LogP contribution < -0.4 is 36.0 Å². The first-order chi connectivity index (χ1) is 32.6. The molecule has 10 atom stereocenters. The van der Waals surface area contributed by atoms with Crippen LogP contribution in [0.5, 0.6) is 28.7 Å². The minimum Gasteiger partial charge on any atom is -0.508 e. The monoisotopic (exact) mass is 938 g/mol. The number of ether oxygens (including phenoxy) is 4. The van der Waals surface area contributed by atoms with E-state index in [-0.39, 0.29) is 39.7 Å². The zero-order valence-electron chi connectivity index (χ0n) is 36.7. The van der Waals surface area contributed by atoms with Gasteiger partial charge < -0.3 is 80.3 Å². The van der Waals surface area contributed by atoms with Gasteiger partial charge in [0.25, 0.3) is 0 Å². The molecule has 3 aliphatic carbocycles. The number of carboxylic acids is 1. The second-order valence-electron chi connectivity index (χ2n) is 18.7. The minimum atomic E-state index is -2.58. The number of aliphatic carboxylic acids is 1. The van der Waals surface area contributed by atoms with Gasteiger partial charge in [0, 0.05) is 54.0 Å². The van der Waals surface area contributed by atoms with Gasteiger partial charge >= 0.3 is 5.97 Å². The summed E-state index contributed by atoms with van der Waals surface area (Å²) < 4.78 is 31.8. The maximum atomic E-state index is 14.3. The summed E-state index contributed by atoms with van der Waals surface area (Å²) in [5.74, 6) is -3.53. The van der Waals surface area contributed by atoms with E-state index in [9.17, 15) is 50.4 Å². The van der Waals surface area contributed by atoms with Crippen molar-refractivity contribution in [3.8, 4) is 40.1 Å². The van der Waals surface area contributed by atoms with Crippen molar-refractivity contribution < 1.29 is 69.0 Å². The molecule has 0 amide bonds. The summed E-state index contributed by atoms with van der Waals surface area (Å²) in [5.41, 5.74) is -0.652. The van der Waals surface area contributed by atoms with Crippen molar-refractivity contribution in [2.75, 3.05) is 25.6 Å². The molecule has 5 aromatic rings. The predicted octanol–water partition coefficient (Wildman–Crippen LogP) is 2.99. The second kappa shape index (κ2) is 17.1. The minimum absolute atomic E-state index is 0.0181. The number of rotatable bonds is 13. The fourth-order valence-corrected chi connectivity index (χ4v) is 11.5. The van der Waals surface area contributed by atoms with Crippen LogP contribution in [0.2, 0.25) is 0 Å². The lowest BCUT2D eigenvalue weighted by Crippen LogP contribution is -2.79. The Morgan fingerprint density at radius 3 is 2.41 bits per heavy atom. The molecule has 3 aromatic carbocycles. The van der Waals surface area contributed by atoms with Gasteiger partial charge in [-0.1, -0.05) is 31.1 Å². The molecule has 360 valence electrons. The lowest BCUT2D eigenvalue weighted by molar-refractivity contribution is -0.342. The van der Waals surface area contributed by atoms with Gasteiger partial charge in [-0.2, -0.15) is 0 Å². The quantitative estimate of drug-likeness (QED) is 0.0755. The Bertz CT molecular complexity index is 2800. The van der Waals surface area contributed by atoms with Crippen molar-refractivity contribution in [2.45, 2.75) is 98.5 Å². The number of nitrogens with two attached hydrogens (primary N) is 1. The van der Waals surface area contributed by atoms with Crippen molar-refractivity contribution in [2.24, 2.45) is 11.3 Å². The molecule has 13 N–H and O–H groups in total.